The summed E-state index contributed by atoms with van der Waals surface area (Å²) in [5, 5.41) is 2.93. The highest BCUT2D eigenvalue weighted by atomic mass is 16.1. The molecule has 5 nitrogen and oxygen atoms in total. The topological polar surface area (TPSA) is 48.5 Å². The molecular formula is C18H22N4O. The summed E-state index contributed by atoms with van der Waals surface area (Å²) in [4.78, 5) is 21.0. The van der Waals surface area contributed by atoms with Crippen molar-refractivity contribution in [2.24, 2.45) is 0 Å². The molecule has 23 heavy (non-hydrogen) atoms. The van der Waals surface area contributed by atoms with E-state index < -0.39 is 0 Å². The van der Waals surface area contributed by atoms with E-state index >= 15 is 0 Å². The number of carbonyl (C=O) groups is 1. The van der Waals surface area contributed by atoms with Crippen LogP contribution in [0.25, 0.3) is 0 Å². The quantitative estimate of drug-likeness (QED) is 0.946. The monoisotopic (exact) mass is 310 g/mol. The van der Waals surface area contributed by atoms with Crippen LogP contribution in [0, 0.1) is 6.92 Å². The van der Waals surface area contributed by atoms with Crippen molar-refractivity contribution in [3.63, 3.8) is 0 Å². The minimum atomic E-state index is -0.122. The second-order valence-electron chi connectivity index (χ2n) is 5.98. The van der Waals surface area contributed by atoms with Gasteiger partial charge in [-0.2, -0.15) is 0 Å². The number of anilines is 2. The summed E-state index contributed by atoms with van der Waals surface area (Å²) in [6.45, 7) is 6.15. The first kappa shape index (κ1) is 15.5. The Morgan fingerprint density at radius 3 is 2.43 bits per heavy atom. The third-order valence-corrected chi connectivity index (χ3v) is 4.28. The van der Waals surface area contributed by atoms with Crippen LogP contribution >= 0.6 is 0 Å². The molecular weight excluding hydrogens is 288 g/mol. The summed E-state index contributed by atoms with van der Waals surface area (Å²) in [5.74, 6) is -0.122. The summed E-state index contributed by atoms with van der Waals surface area (Å²) in [5.41, 5.74) is 3.53. The van der Waals surface area contributed by atoms with Crippen LogP contribution in [-0.4, -0.2) is 49.0 Å². The van der Waals surface area contributed by atoms with Gasteiger partial charge in [-0.3, -0.25) is 9.78 Å². The number of amides is 1. The number of benzene rings is 1. The molecule has 1 aromatic carbocycles. The Kier molecular flexibility index (Phi) is 4.57. The van der Waals surface area contributed by atoms with E-state index in [2.05, 4.69) is 39.3 Å². The first-order chi connectivity index (χ1) is 11.1. The minimum Gasteiger partial charge on any atom is -0.369 e. The zero-order valence-electron chi connectivity index (χ0n) is 13.6. The second kappa shape index (κ2) is 6.79. The number of nitrogens with zero attached hydrogens (tertiary/aromatic N) is 3. The molecule has 1 N–H and O–H groups in total. The van der Waals surface area contributed by atoms with Crippen molar-refractivity contribution in [3.8, 4) is 0 Å². The number of nitrogens with one attached hydrogen (secondary N) is 1. The van der Waals surface area contributed by atoms with Gasteiger partial charge in [0.1, 0.15) is 0 Å². The van der Waals surface area contributed by atoms with Gasteiger partial charge in [-0.25, -0.2) is 0 Å². The number of piperazine rings is 1. The van der Waals surface area contributed by atoms with E-state index in [0.717, 1.165) is 37.4 Å². The third-order valence-electron chi connectivity index (χ3n) is 4.28. The van der Waals surface area contributed by atoms with Crippen molar-refractivity contribution in [1.82, 2.24) is 9.88 Å². The highest BCUT2D eigenvalue weighted by Crippen LogP contribution is 2.20. The minimum absolute atomic E-state index is 0.122. The number of hydrogen-bond acceptors (Lipinski definition) is 4. The maximum absolute atomic E-state index is 12.3. The summed E-state index contributed by atoms with van der Waals surface area (Å²) >= 11 is 0. The van der Waals surface area contributed by atoms with Crippen molar-refractivity contribution < 1.29 is 4.79 Å². The maximum atomic E-state index is 12.3. The molecule has 0 aliphatic carbocycles. The molecule has 5 heteroatoms. The van der Waals surface area contributed by atoms with Gasteiger partial charge in [-0.1, -0.05) is 0 Å². The largest absolute Gasteiger partial charge is 0.369 e. The Morgan fingerprint density at radius 1 is 1.09 bits per heavy atom. The predicted molar refractivity (Wildman–Crippen MR) is 93.1 cm³/mol. The van der Waals surface area contributed by atoms with Gasteiger partial charge >= 0.3 is 0 Å². The Morgan fingerprint density at radius 2 is 1.78 bits per heavy atom. The average molecular weight is 310 g/mol. The highest BCUT2D eigenvalue weighted by molar-refractivity contribution is 6.05. The van der Waals surface area contributed by atoms with E-state index in [-0.39, 0.29) is 5.91 Å². The lowest BCUT2D eigenvalue weighted by Crippen LogP contribution is -2.44. The molecule has 0 atom stereocenters. The van der Waals surface area contributed by atoms with Gasteiger partial charge in [-0.15, -0.1) is 0 Å². The molecule has 0 radical (unpaired) electrons. The van der Waals surface area contributed by atoms with Crippen molar-refractivity contribution in [2.45, 2.75) is 6.92 Å². The molecule has 2 heterocycles. The lowest BCUT2D eigenvalue weighted by atomic mass is 10.1. The van der Waals surface area contributed by atoms with Crippen LogP contribution in [0.3, 0.4) is 0 Å². The molecule has 1 aliphatic heterocycles. The zero-order chi connectivity index (χ0) is 16.2. The van der Waals surface area contributed by atoms with Gasteiger partial charge in [-0.05, 0) is 49.9 Å². The molecule has 1 aromatic heterocycles. The maximum Gasteiger partial charge on any atom is 0.257 e. The van der Waals surface area contributed by atoms with E-state index in [1.807, 2.05) is 25.1 Å². The number of aryl methyl sites for hydroxylation is 1. The van der Waals surface area contributed by atoms with Crippen LogP contribution in [0.4, 0.5) is 11.4 Å². The highest BCUT2D eigenvalue weighted by Gasteiger charge is 2.14. The molecule has 0 unspecified atom stereocenters. The van der Waals surface area contributed by atoms with Crippen LogP contribution in [0.5, 0.6) is 0 Å². The predicted octanol–water partition coefficient (Wildman–Crippen LogP) is 2.39. The number of hydrogen-bond donors (Lipinski definition) is 1. The summed E-state index contributed by atoms with van der Waals surface area (Å²) in [6.07, 6.45) is 3.29. The standard InChI is InChI=1S/C18H22N4O/c1-14-7-8-19-13-17(14)18(23)20-15-3-5-16(6-4-15)22-11-9-21(2)10-12-22/h3-8,13H,9-12H2,1-2H3,(H,20,23). The van der Waals surface area contributed by atoms with Crippen molar-refractivity contribution >= 4 is 17.3 Å². The molecule has 1 saturated heterocycles. The first-order valence-electron chi connectivity index (χ1n) is 7.89. The lowest BCUT2D eigenvalue weighted by molar-refractivity contribution is 0.102. The average Bonchev–Trinajstić information content (AvgIpc) is 2.57. The van der Waals surface area contributed by atoms with Gasteiger partial charge in [0.2, 0.25) is 0 Å². The van der Waals surface area contributed by atoms with E-state index in [4.69, 9.17) is 0 Å². The number of likely N-dealkylation sites (N-methyl/N-ethyl adjacent to an activating group) is 1. The Balaban J connectivity index is 1.66. The van der Waals surface area contributed by atoms with Crippen LogP contribution in [0.2, 0.25) is 0 Å². The zero-order valence-corrected chi connectivity index (χ0v) is 13.6. The van der Waals surface area contributed by atoms with Crippen molar-refractivity contribution in [3.05, 3.63) is 53.9 Å². The van der Waals surface area contributed by atoms with Crippen molar-refractivity contribution in [1.29, 1.82) is 0 Å². The van der Waals surface area contributed by atoms with Gasteiger partial charge in [0, 0.05) is 49.9 Å². The van der Waals surface area contributed by atoms with Gasteiger partial charge < -0.3 is 15.1 Å². The molecule has 1 amide bonds. The van der Waals surface area contributed by atoms with Gasteiger partial charge in [0.15, 0.2) is 0 Å². The summed E-state index contributed by atoms with van der Waals surface area (Å²) in [6, 6.07) is 9.88. The van der Waals surface area contributed by atoms with Crippen LogP contribution in [0.1, 0.15) is 15.9 Å². The third kappa shape index (κ3) is 3.68. The van der Waals surface area contributed by atoms with Crippen LogP contribution < -0.4 is 10.2 Å². The lowest BCUT2D eigenvalue weighted by Gasteiger charge is -2.34. The SMILES string of the molecule is Cc1ccncc1C(=O)Nc1ccc(N2CCN(C)CC2)cc1. The van der Waals surface area contributed by atoms with E-state index in [0.29, 0.717) is 5.56 Å². The Hall–Kier alpha value is -2.40. The fraction of sp³-hybridized carbons (Fsp3) is 0.333. The first-order valence-corrected chi connectivity index (χ1v) is 7.89. The smallest absolute Gasteiger partial charge is 0.257 e. The fourth-order valence-electron chi connectivity index (χ4n) is 2.72. The number of rotatable bonds is 3. The van der Waals surface area contributed by atoms with E-state index in [1.165, 1.54) is 5.69 Å². The van der Waals surface area contributed by atoms with Crippen molar-refractivity contribution in [2.75, 3.05) is 43.4 Å². The second-order valence-corrected chi connectivity index (χ2v) is 5.98. The molecule has 0 spiro atoms. The fourth-order valence-corrected chi connectivity index (χ4v) is 2.72. The molecule has 0 saturated carbocycles. The molecule has 120 valence electrons. The van der Waals surface area contributed by atoms with Gasteiger partial charge in [0.05, 0.1) is 5.56 Å². The summed E-state index contributed by atoms with van der Waals surface area (Å²) < 4.78 is 0. The van der Waals surface area contributed by atoms with E-state index in [1.54, 1.807) is 12.4 Å². The Labute approximate surface area is 136 Å². The Bertz CT molecular complexity index is 676. The van der Waals surface area contributed by atoms with E-state index in [9.17, 15) is 4.79 Å². The molecule has 1 fully saturated rings. The molecule has 3 rings (SSSR count). The summed E-state index contributed by atoms with van der Waals surface area (Å²) in [7, 11) is 2.15. The molecule has 1 aliphatic rings. The van der Waals surface area contributed by atoms with Crippen LogP contribution in [-0.2, 0) is 0 Å². The number of pyridine rings is 1. The molecule has 2 aromatic rings. The number of carbonyl (C=O) groups excluding carboxylic acids is 1. The number of aromatic nitrogens is 1. The van der Waals surface area contributed by atoms with Crippen LogP contribution in [0.15, 0.2) is 42.7 Å². The van der Waals surface area contributed by atoms with Gasteiger partial charge in [0.25, 0.3) is 5.91 Å². The normalized spacial score (nSPS) is 15.5. The molecule has 0 bridgehead atoms.